The smallest absolute Gasteiger partial charge is 0.257 e. The van der Waals surface area contributed by atoms with Crippen molar-refractivity contribution in [1.82, 2.24) is 9.29 Å². The SMILES string of the molecule is CN(C1CCCCC1)S(=O)(=O)c1cccc(C(=O)Nc2nc(-c3cccc4ccccc34)cs2)c1. The number of rotatable bonds is 6. The van der Waals surface area contributed by atoms with E-state index in [1.54, 1.807) is 25.2 Å². The summed E-state index contributed by atoms with van der Waals surface area (Å²) in [5, 5.41) is 7.43. The first-order valence-corrected chi connectivity index (χ1v) is 14.1. The molecule has 1 fully saturated rings. The highest BCUT2D eigenvalue weighted by Crippen LogP contribution is 2.31. The molecule has 1 aromatic heterocycles. The van der Waals surface area contributed by atoms with Crippen LogP contribution in [0.25, 0.3) is 22.0 Å². The van der Waals surface area contributed by atoms with Gasteiger partial charge in [-0.25, -0.2) is 13.4 Å². The fourth-order valence-electron chi connectivity index (χ4n) is 4.68. The van der Waals surface area contributed by atoms with E-state index in [2.05, 4.69) is 28.5 Å². The van der Waals surface area contributed by atoms with Crippen molar-refractivity contribution in [3.05, 3.63) is 77.7 Å². The van der Waals surface area contributed by atoms with Crippen molar-refractivity contribution in [3.63, 3.8) is 0 Å². The molecule has 4 aromatic rings. The van der Waals surface area contributed by atoms with E-state index >= 15 is 0 Å². The molecule has 0 spiro atoms. The fraction of sp³-hybridized carbons (Fsp3) is 0.259. The average molecular weight is 506 g/mol. The molecule has 0 radical (unpaired) electrons. The molecule has 180 valence electrons. The van der Waals surface area contributed by atoms with Crippen molar-refractivity contribution in [2.24, 2.45) is 0 Å². The van der Waals surface area contributed by atoms with Crippen LogP contribution in [0.5, 0.6) is 0 Å². The molecule has 0 bridgehead atoms. The Morgan fingerprint density at radius 1 is 1.00 bits per heavy atom. The average Bonchev–Trinajstić information content (AvgIpc) is 3.36. The third kappa shape index (κ3) is 4.87. The molecule has 1 saturated carbocycles. The van der Waals surface area contributed by atoms with E-state index in [4.69, 9.17) is 0 Å². The number of hydrogen-bond donors (Lipinski definition) is 1. The van der Waals surface area contributed by atoms with Crippen LogP contribution in [0, 0.1) is 0 Å². The Balaban J connectivity index is 1.35. The highest BCUT2D eigenvalue weighted by molar-refractivity contribution is 7.89. The summed E-state index contributed by atoms with van der Waals surface area (Å²) in [5.74, 6) is -0.388. The van der Waals surface area contributed by atoms with E-state index < -0.39 is 10.0 Å². The third-order valence-corrected chi connectivity index (χ3v) is 9.32. The molecule has 35 heavy (non-hydrogen) atoms. The lowest BCUT2D eigenvalue weighted by Gasteiger charge is -2.30. The van der Waals surface area contributed by atoms with Gasteiger partial charge in [0.15, 0.2) is 5.13 Å². The topological polar surface area (TPSA) is 79.4 Å². The predicted octanol–water partition coefficient (Wildman–Crippen LogP) is 6.17. The minimum absolute atomic E-state index is 0.00837. The van der Waals surface area contributed by atoms with Gasteiger partial charge in [-0.3, -0.25) is 10.1 Å². The third-order valence-electron chi connectivity index (χ3n) is 6.65. The maximum atomic E-state index is 13.2. The molecule has 1 aliphatic carbocycles. The van der Waals surface area contributed by atoms with Crippen LogP contribution in [0.15, 0.2) is 77.0 Å². The highest BCUT2D eigenvalue weighted by Gasteiger charge is 2.29. The largest absolute Gasteiger partial charge is 0.298 e. The Morgan fingerprint density at radius 2 is 1.74 bits per heavy atom. The van der Waals surface area contributed by atoms with Gasteiger partial charge in [0.05, 0.1) is 10.6 Å². The normalized spacial score (nSPS) is 14.9. The minimum atomic E-state index is -3.68. The minimum Gasteiger partial charge on any atom is -0.298 e. The number of sulfonamides is 1. The summed E-state index contributed by atoms with van der Waals surface area (Å²) < 4.78 is 27.9. The van der Waals surface area contributed by atoms with E-state index in [1.165, 1.54) is 21.7 Å². The van der Waals surface area contributed by atoms with Gasteiger partial charge in [-0.2, -0.15) is 4.31 Å². The maximum Gasteiger partial charge on any atom is 0.257 e. The molecule has 1 heterocycles. The first-order valence-electron chi connectivity index (χ1n) is 11.8. The van der Waals surface area contributed by atoms with Gasteiger partial charge in [0, 0.05) is 29.6 Å². The second-order valence-electron chi connectivity index (χ2n) is 8.86. The van der Waals surface area contributed by atoms with Gasteiger partial charge in [-0.1, -0.05) is 67.8 Å². The van der Waals surface area contributed by atoms with Crippen LogP contribution in [0.3, 0.4) is 0 Å². The molecule has 1 amide bonds. The van der Waals surface area contributed by atoms with Gasteiger partial charge >= 0.3 is 0 Å². The second kappa shape index (κ2) is 9.89. The van der Waals surface area contributed by atoms with E-state index in [-0.39, 0.29) is 22.4 Å². The number of amides is 1. The molecule has 0 aliphatic heterocycles. The van der Waals surface area contributed by atoms with Crippen LogP contribution in [0.2, 0.25) is 0 Å². The highest BCUT2D eigenvalue weighted by atomic mass is 32.2. The van der Waals surface area contributed by atoms with Crippen molar-refractivity contribution in [2.75, 3.05) is 12.4 Å². The molecule has 0 unspecified atom stereocenters. The van der Waals surface area contributed by atoms with E-state index in [0.29, 0.717) is 5.13 Å². The monoisotopic (exact) mass is 505 g/mol. The van der Waals surface area contributed by atoms with Crippen LogP contribution in [0.4, 0.5) is 5.13 Å². The number of nitrogens with one attached hydrogen (secondary N) is 1. The molecule has 8 heteroatoms. The number of benzene rings is 3. The lowest BCUT2D eigenvalue weighted by Crippen LogP contribution is -2.38. The molecule has 1 aliphatic rings. The zero-order valence-corrected chi connectivity index (χ0v) is 21.1. The van der Waals surface area contributed by atoms with Gasteiger partial charge in [0.1, 0.15) is 0 Å². The van der Waals surface area contributed by atoms with Gasteiger partial charge in [0.2, 0.25) is 10.0 Å². The quantitative estimate of drug-likeness (QED) is 0.340. The predicted molar refractivity (Wildman–Crippen MR) is 141 cm³/mol. The van der Waals surface area contributed by atoms with Gasteiger partial charge in [-0.05, 0) is 41.8 Å². The lowest BCUT2D eigenvalue weighted by molar-refractivity contribution is 0.102. The summed E-state index contributed by atoms with van der Waals surface area (Å²) in [5.41, 5.74) is 2.07. The molecule has 5 rings (SSSR count). The molecular formula is C27H27N3O3S2. The molecule has 1 N–H and O–H groups in total. The molecule has 6 nitrogen and oxygen atoms in total. The number of carbonyl (C=O) groups is 1. The zero-order valence-electron chi connectivity index (χ0n) is 19.5. The molecule has 0 atom stereocenters. The number of fused-ring (bicyclic) bond motifs is 1. The summed E-state index contributed by atoms with van der Waals surface area (Å²) in [6.07, 6.45) is 4.99. The van der Waals surface area contributed by atoms with E-state index in [1.807, 2.05) is 29.6 Å². The number of hydrogen-bond acceptors (Lipinski definition) is 5. The number of aromatic nitrogens is 1. The number of carbonyl (C=O) groups excluding carboxylic acids is 1. The summed E-state index contributed by atoms with van der Waals surface area (Å²) in [6, 6.07) is 20.4. The van der Waals surface area contributed by atoms with Crippen LogP contribution >= 0.6 is 11.3 Å². The molecular weight excluding hydrogens is 478 g/mol. The molecule has 0 saturated heterocycles. The van der Waals surface area contributed by atoms with E-state index in [9.17, 15) is 13.2 Å². The van der Waals surface area contributed by atoms with Crippen LogP contribution < -0.4 is 5.32 Å². The first kappa shape index (κ1) is 23.7. The Labute approximate surface area is 209 Å². The van der Waals surface area contributed by atoms with Gasteiger partial charge in [-0.15, -0.1) is 11.3 Å². The fourth-order valence-corrected chi connectivity index (χ4v) is 6.85. The van der Waals surface area contributed by atoms with Gasteiger partial charge in [0.25, 0.3) is 5.91 Å². The maximum absolute atomic E-state index is 13.2. The standard InChI is InChI=1S/C27H27N3O3S2/c1-30(21-12-3-2-4-13-21)35(32,33)22-14-7-11-20(17-22)26(31)29-27-28-25(18-34-27)24-16-8-10-19-9-5-6-15-23(19)24/h5-11,14-18,21H,2-4,12-13H2,1H3,(H,28,29,31). The Hall–Kier alpha value is -3.07. The van der Waals surface area contributed by atoms with Crippen LogP contribution in [-0.2, 0) is 10.0 Å². The second-order valence-corrected chi connectivity index (χ2v) is 11.7. The van der Waals surface area contributed by atoms with Crippen LogP contribution in [0.1, 0.15) is 42.5 Å². The van der Waals surface area contributed by atoms with Crippen LogP contribution in [-0.4, -0.2) is 36.7 Å². The number of thiazole rings is 1. The van der Waals surface area contributed by atoms with Crippen molar-refractivity contribution in [3.8, 4) is 11.3 Å². The number of nitrogens with zero attached hydrogens (tertiary/aromatic N) is 2. The molecule has 3 aromatic carbocycles. The Morgan fingerprint density at radius 3 is 2.57 bits per heavy atom. The van der Waals surface area contributed by atoms with Crippen molar-refractivity contribution in [1.29, 1.82) is 0 Å². The summed E-state index contributed by atoms with van der Waals surface area (Å²) in [4.78, 5) is 17.7. The first-order chi connectivity index (χ1) is 16.9. The summed E-state index contributed by atoms with van der Waals surface area (Å²) in [6.45, 7) is 0. The van der Waals surface area contributed by atoms with Crippen molar-refractivity contribution in [2.45, 2.75) is 43.0 Å². The number of anilines is 1. The van der Waals surface area contributed by atoms with Crippen molar-refractivity contribution >= 4 is 43.2 Å². The zero-order chi connectivity index (χ0) is 24.4. The Bertz CT molecular complexity index is 1470. The van der Waals surface area contributed by atoms with Crippen molar-refractivity contribution < 1.29 is 13.2 Å². The summed E-state index contributed by atoms with van der Waals surface area (Å²) in [7, 11) is -2.04. The Kier molecular flexibility index (Phi) is 6.69. The van der Waals surface area contributed by atoms with E-state index in [0.717, 1.165) is 54.1 Å². The lowest BCUT2D eigenvalue weighted by atomic mass is 9.96. The summed E-state index contributed by atoms with van der Waals surface area (Å²) >= 11 is 1.34. The van der Waals surface area contributed by atoms with Gasteiger partial charge < -0.3 is 0 Å².